The van der Waals surface area contributed by atoms with Crippen LogP contribution in [0.3, 0.4) is 0 Å². The van der Waals surface area contributed by atoms with E-state index < -0.39 is 5.66 Å². The molecule has 1 atom stereocenters. The van der Waals surface area contributed by atoms with Crippen LogP contribution in [0.2, 0.25) is 0 Å². The Kier molecular flexibility index (Phi) is 2.52. The molecule has 76 valence electrons. The third-order valence-electron chi connectivity index (χ3n) is 2.54. The number of hydrogen-bond acceptors (Lipinski definition) is 3. The SMILES string of the molecule is CCCC1(C(C)(C)C)NOC(=O)N1. The van der Waals surface area contributed by atoms with Gasteiger partial charge in [0.25, 0.3) is 0 Å². The average molecular weight is 186 g/mol. The number of nitrogens with one attached hydrogen (secondary N) is 2. The second kappa shape index (κ2) is 3.18. The van der Waals surface area contributed by atoms with Crippen LogP contribution in [0, 0.1) is 5.41 Å². The largest absolute Gasteiger partial charge is 0.427 e. The lowest BCUT2D eigenvalue weighted by Gasteiger charge is -2.39. The smallest absolute Gasteiger partial charge is 0.351 e. The molecule has 1 saturated heterocycles. The van der Waals surface area contributed by atoms with Gasteiger partial charge in [0.15, 0.2) is 0 Å². The van der Waals surface area contributed by atoms with Gasteiger partial charge in [0.1, 0.15) is 5.66 Å². The maximum Gasteiger partial charge on any atom is 0.427 e. The maximum atomic E-state index is 11.0. The first-order valence-corrected chi connectivity index (χ1v) is 4.67. The summed E-state index contributed by atoms with van der Waals surface area (Å²) in [6.07, 6.45) is 1.47. The molecule has 1 rings (SSSR count). The Morgan fingerprint density at radius 1 is 1.46 bits per heavy atom. The fraction of sp³-hybridized carbons (Fsp3) is 0.889. The Balaban J connectivity index is 2.83. The molecule has 1 aliphatic heterocycles. The molecule has 0 aromatic carbocycles. The molecule has 0 bridgehead atoms. The Morgan fingerprint density at radius 3 is 2.38 bits per heavy atom. The lowest BCUT2D eigenvalue weighted by molar-refractivity contribution is 0.0272. The fourth-order valence-corrected chi connectivity index (χ4v) is 1.56. The van der Waals surface area contributed by atoms with Crippen LogP contribution in [0.25, 0.3) is 0 Å². The molecular formula is C9H18N2O2. The summed E-state index contributed by atoms with van der Waals surface area (Å²) in [7, 11) is 0. The van der Waals surface area contributed by atoms with E-state index in [1.165, 1.54) is 0 Å². The highest BCUT2D eigenvalue weighted by molar-refractivity contribution is 5.70. The third-order valence-corrected chi connectivity index (χ3v) is 2.54. The van der Waals surface area contributed by atoms with Crippen molar-refractivity contribution in [2.75, 3.05) is 0 Å². The molecule has 0 aliphatic carbocycles. The summed E-state index contributed by atoms with van der Waals surface area (Å²) >= 11 is 0. The molecule has 0 aromatic heterocycles. The molecule has 0 aromatic rings. The zero-order chi connectivity index (χ0) is 10.1. The van der Waals surface area contributed by atoms with E-state index in [4.69, 9.17) is 4.84 Å². The Hall–Kier alpha value is -0.770. The summed E-state index contributed by atoms with van der Waals surface area (Å²) < 4.78 is 0. The van der Waals surface area contributed by atoms with Crippen molar-refractivity contribution in [1.82, 2.24) is 10.8 Å². The summed E-state index contributed by atoms with van der Waals surface area (Å²) in [5.74, 6) is 0. The number of carbonyl (C=O) groups is 1. The van der Waals surface area contributed by atoms with Crippen molar-refractivity contribution >= 4 is 6.09 Å². The van der Waals surface area contributed by atoms with Crippen molar-refractivity contribution in [3.8, 4) is 0 Å². The van der Waals surface area contributed by atoms with Crippen LogP contribution >= 0.6 is 0 Å². The van der Waals surface area contributed by atoms with Gasteiger partial charge in [-0.05, 0) is 6.42 Å². The molecule has 1 unspecified atom stereocenters. The fourth-order valence-electron chi connectivity index (χ4n) is 1.56. The van der Waals surface area contributed by atoms with Gasteiger partial charge in [-0.1, -0.05) is 34.1 Å². The maximum absolute atomic E-state index is 11.0. The molecule has 13 heavy (non-hydrogen) atoms. The minimum Gasteiger partial charge on any atom is -0.351 e. The van der Waals surface area contributed by atoms with Crippen molar-refractivity contribution < 1.29 is 9.63 Å². The highest BCUT2D eigenvalue weighted by atomic mass is 16.7. The van der Waals surface area contributed by atoms with Gasteiger partial charge >= 0.3 is 6.09 Å². The zero-order valence-electron chi connectivity index (χ0n) is 8.73. The molecule has 4 nitrogen and oxygen atoms in total. The number of hydrogen-bond donors (Lipinski definition) is 2. The lowest BCUT2D eigenvalue weighted by atomic mass is 9.78. The number of carbonyl (C=O) groups excluding carboxylic acids is 1. The number of amides is 1. The number of rotatable bonds is 2. The van der Waals surface area contributed by atoms with E-state index >= 15 is 0 Å². The molecule has 4 heteroatoms. The summed E-state index contributed by atoms with van der Waals surface area (Å²) in [4.78, 5) is 15.7. The highest BCUT2D eigenvalue weighted by Gasteiger charge is 2.47. The van der Waals surface area contributed by atoms with Crippen LogP contribution < -0.4 is 10.8 Å². The molecule has 1 aliphatic rings. The second-order valence-corrected chi connectivity index (χ2v) is 4.52. The highest BCUT2D eigenvalue weighted by Crippen LogP contribution is 2.34. The van der Waals surface area contributed by atoms with Gasteiger partial charge in [-0.3, -0.25) is 5.32 Å². The van der Waals surface area contributed by atoms with Crippen molar-refractivity contribution in [1.29, 1.82) is 0 Å². The summed E-state index contributed by atoms with van der Waals surface area (Å²) in [5.41, 5.74) is 2.32. The van der Waals surface area contributed by atoms with Gasteiger partial charge in [0.05, 0.1) is 0 Å². The van der Waals surface area contributed by atoms with Gasteiger partial charge in [-0.15, -0.1) is 5.48 Å². The first-order valence-electron chi connectivity index (χ1n) is 4.67. The minimum absolute atomic E-state index is 0.0603. The van der Waals surface area contributed by atoms with E-state index in [2.05, 4.69) is 38.5 Å². The molecule has 1 fully saturated rings. The van der Waals surface area contributed by atoms with E-state index in [0.717, 1.165) is 12.8 Å². The van der Waals surface area contributed by atoms with E-state index in [-0.39, 0.29) is 11.5 Å². The molecule has 1 amide bonds. The van der Waals surface area contributed by atoms with Gasteiger partial charge < -0.3 is 4.84 Å². The second-order valence-electron chi connectivity index (χ2n) is 4.52. The quantitative estimate of drug-likeness (QED) is 0.691. The van der Waals surface area contributed by atoms with Gasteiger partial charge in [-0.2, -0.15) is 0 Å². The molecule has 2 N–H and O–H groups in total. The molecule has 0 saturated carbocycles. The Bertz CT molecular complexity index is 210. The molecule has 0 spiro atoms. The van der Waals surface area contributed by atoms with Crippen molar-refractivity contribution in [3.05, 3.63) is 0 Å². The standard InChI is InChI=1S/C9H18N2O2/c1-5-6-9(8(2,3)4)10-7(12)13-11-9/h11H,5-6H2,1-4H3,(H,10,12). The monoisotopic (exact) mass is 186 g/mol. The van der Waals surface area contributed by atoms with Crippen molar-refractivity contribution in [2.24, 2.45) is 5.41 Å². The van der Waals surface area contributed by atoms with Crippen LogP contribution in [0.4, 0.5) is 4.79 Å². The van der Waals surface area contributed by atoms with Crippen LogP contribution in [0.15, 0.2) is 0 Å². The normalized spacial score (nSPS) is 28.5. The summed E-state index contributed by atoms with van der Waals surface area (Å²) in [5, 5.41) is 2.84. The minimum atomic E-state index is -0.418. The third kappa shape index (κ3) is 1.77. The Labute approximate surface area is 79.0 Å². The van der Waals surface area contributed by atoms with E-state index in [9.17, 15) is 4.79 Å². The molecule has 0 radical (unpaired) electrons. The summed E-state index contributed by atoms with van der Waals surface area (Å²) in [6, 6.07) is 0. The van der Waals surface area contributed by atoms with Crippen molar-refractivity contribution in [3.63, 3.8) is 0 Å². The van der Waals surface area contributed by atoms with E-state index in [0.29, 0.717) is 0 Å². The van der Waals surface area contributed by atoms with Crippen LogP contribution in [0.5, 0.6) is 0 Å². The summed E-state index contributed by atoms with van der Waals surface area (Å²) in [6.45, 7) is 8.31. The van der Waals surface area contributed by atoms with Crippen molar-refractivity contribution in [2.45, 2.75) is 46.2 Å². The average Bonchev–Trinajstić information content (AvgIpc) is 2.32. The van der Waals surface area contributed by atoms with Gasteiger partial charge in [0, 0.05) is 5.41 Å². The van der Waals surface area contributed by atoms with Crippen LogP contribution in [-0.2, 0) is 4.84 Å². The topological polar surface area (TPSA) is 50.4 Å². The Morgan fingerprint density at radius 2 is 2.08 bits per heavy atom. The van der Waals surface area contributed by atoms with E-state index in [1.54, 1.807) is 0 Å². The number of hydroxylamine groups is 1. The van der Waals surface area contributed by atoms with Gasteiger partial charge in [-0.25, -0.2) is 4.79 Å². The predicted molar refractivity (Wildman–Crippen MR) is 49.8 cm³/mol. The predicted octanol–water partition coefficient (Wildman–Crippen LogP) is 1.77. The molecule has 1 heterocycles. The van der Waals surface area contributed by atoms with Gasteiger partial charge in [0.2, 0.25) is 0 Å². The van der Waals surface area contributed by atoms with E-state index in [1.807, 2.05) is 0 Å². The zero-order valence-corrected chi connectivity index (χ0v) is 8.73. The van der Waals surface area contributed by atoms with Crippen LogP contribution in [-0.4, -0.2) is 11.8 Å². The lowest BCUT2D eigenvalue weighted by Crippen LogP contribution is -2.58. The molecular weight excluding hydrogens is 168 g/mol. The van der Waals surface area contributed by atoms with Crippen LogP contribution in [0.1, 0.15) is 40.5 Å². The first-order chi connectivity index (χ1) is 5.91. The first kappa shape index (κ1) is 10.3.